The number of anilines is 1. The smallest absolute Gasteiger partial charge is 0.322 e. The van der Waals surface area contributed by atoms with E-state index in [-0.39, 0.29) is 11.9 Å². The zero-order valence-corrected chi connectivity index (χ0v) is 13.7. The molecule has 0 spiro atoms. The maximum absolute atomic E-state index is 12.6. The lowest BCUT2D eigenvalue weighted by Gasteiger charge is -2.36. The van der Waals surface area contributed by atoms with Gasteiger partial charge in [0.25, 0.3) is 0 Å². The van der Waals surface area contributed by atoms with Gasteiger partial charge in [0, 0.05) is 18.8 Å². The average molecular weight is 314 g/mol. The number of rotatable bonds is 3. The molecule has 1 heterocycles. The first-order chi connectivity index (χ1) is 10.9. The molecule has 0 unspecified atom stereocenters. The van der Waals surface area contributed by atoms with Crippen LogP contribution in [0.15, 0.2) is 18.2 Å². The van der Waals surface area contributed by atoms with Crippen molar-refractivity contribution in [3.8, 4) is 6.07 Å². The molecule has 0 aliphatic carbocycles. The van der Waals surface area contributed by atoms with E-state index in [2.05, 4.69) is 16.7 Å². The summed E-state index contributed by atoms with van der Waals surface area (Å²) in [5, 5.41) is 14.7. The molecule has 2 rings (SSSR count). The molecule has 0 saturated carbocycles. The molecule has 6 heteroatoms. The summed E-state index contributed by atoms with van der Waals surface area (Å²) in [6, 6.07) is 6.54. The summed E-state index contributed by atoms with van der Waals surface area (Å²) in [4.78, 5) is 26.3. The van der Waals surface area contributed by atoms with Crippen molar-refractivity contribution in [2.24, 2.45) is 5.92 Å². The number of amides is 3. The predicted molar refractivity (Wildman–Crippen MR) is 87.9 cm³/mol. The van der Waals surface area contributed by atoms with Crippen LogP contribution in [0.4, 0.5) is 10.5 Å². The van der Waals surface area contributed by atoms with E-state index in [9.17, 15) is 9.59 Å². The largest absolute Gasteiger partial charge is 0.353 e. The standard InChI is InChI=1S/C17H22N4O2/c1-11(2)9-15-16(22)19-7-8-21(15)17(23)20-14-6-4-5-13(10-18)12(14)3/h4-6,11,15H,7-9H2,1-3H3,(H,19,22)(H,20,23)/t15-/m0/s1. The number of hydrogen-bond acceptors (Lipinski definition) is 3. The number of piperazine rings is 1. The molecule has 3 amide bonds. The minimum absolute atomic E-state index is 0.109. The van der Waals surface area contributed by atoms with Gasteiger partial charge in [-0.05, 0) is 37.0 Å². The molecule has 1 aromatic rings. The molecule has 1 aliphatic heterocycles. The quantitative estimate of drug-likeness (QED) is 0.897. The second kappa shape index (κ2) is 7.14. The van der Waals surface area contributed by atoms with Crippen LogP contribution in [0.5, 0.6) is 0 Å². The van der Waals surface area contributed by atoms with Crippen molar-refractivity contribution in [3.63, 3.8) is 0 Å². The van der Waals surface area contributed by atoms with Gasteiger partial charge in [0.15, 0.2) is 0 Å². The molecule has 0 bridgehead atoms. The van der Waals surface area contributed by atoms with Crippen LogP contribution >= 0.6 is 0 Å². The molecule has 1 aromatic carbocycles. The van der Waals surface area contributed by atoms with Gasteiger partial charge in [-0.15, -0.1) is 0 Å². The molecule has 1 fully saturated rings. The predicted octanol–water partition coefficient (Wildman–Crippen LogP) is 2.25. The Morgan fingerprint density at radius 1 is 1.52 bits per heavy atom. The van der Waals surface area contributed by atoms with Crippen LogP contribution in [0, 0.1) is 24.2 Å². The van der Waals surface area contributed by atoms with Crippen LogP contribution in [0.1, 0.15) is 31.4 Å². The molecule has 1 atom stereocenters. The lowest BCUT2D eigenvalue weighted by molar-refractivity contribution is -0.128. The van der Waals surface area contributed by atoms with Crippen molar-refractivity contribution in [1.82, 2.24) is 10.2 Å². The second-order valence-corrected chi connectivity index (χ2v) is 6.15. The van der Waals surface area contributed by atoms with E-state index in [0.29, 0.717) is 36.7 Å². The SMILES string of the molecule is Cc1c(C#N)cccc1NC(=O)N1CCNC(=O)[C@@H]1CC(C)C. The first-order valence-corrected chi connectivity index (χ1v) is 7.79. The van der Waals surface area contributed by atoms with Crippen LogP contribution in [0.2, 0.25) is 0 Å². The Morgan fingerprint density at radius 3 is 2.91 bits per heavy atom. The van der Waals surface area contributed by atoms with E-state index in [1.54, 1.807) is 30.0 Å². The first-order valence-electron chi connectivity index (χ1n) is 7.79. The summed E-state index contributed by atoms with van der Waals surface area (Å²) >= 11 is 0. The minimum atomic E-state index is -0.455. The molecular weight excluding hydrogens is 292 g/mol. The number of carbonyl (C=O) groups is 2. The number of benzene rings is 1. The molecule has 1 saturated heterocycles. The Bertz CT molecular complexity index is 648. The van der Waals surface area contributed by atoms with Crippen LogP contribution in [0.3, 0.4) is 0 Å². The Labute approximate surface area is 136 Å². The second-order valence-electron chi connectivity index (χ2n) is 6.15. The highest BCUT2D eigenvalue weighted by molar-refractivity contribution is 5.95. The van der Waals surface area contributed by atoms with Gasteiger partial charge in [-0.25, -0.2) is 4.79 Å². The van der Waals surface area contributed by atoms with Crippen molar-refractivity contribution >= 4 is 17.6 Å². The third-order valence-corrected chi connectivity index (χ3v) is 3.98. The van der Waals surface area contributed by atoms with Gasteiger partial charge >= 0.3 is 6.03 Å². The summed E-state index contributed by atoms with van der Waals surface area (Å²) in [5.74, 6) is 0.199. The fourth-order valence-electron chi connectivity index (χ4n) is 2.72. The highest BCUT2D eigenvalue weighted by Crippen LogP contribution is 2.21. The number of nitrogens with zero attached hydrogens (tertiary/aromatic N) is 2. The van der Waals surface area contributed by atoms with Gasteiger partial charge in [0.2, 0.25) is 5.91 Å². The molecule has 1 aliphatic rings. The van der Waals surface area contributed by atoms with Crippen molar-refractivity contribution in [1.29, 1.82) is 5.26 Å². The normalized spacial score (nSPS) is 17.6. The third-order valence-electron chi connectivity index (χ3n) is 3.98. The molecule has 0 aromatic heterocycles. The number of nitrogens with one attached hydrogen (secondary N) is 2. The summed E-state index contributed by atoms with van der Waals surface area (Å²) in [6.07, 6.45) is 0.621. The summed E-state index contributed by atoms with van der Waals surface area (Å²) < 4.78 is 0. The van der Waals surface area contributed by atoms with E-state index in [4.69, 9.17) is 5.26 Å². The number of nitriles is 1. The Balaban J connectivity index is 2.18. The van der Waals surface area contributed by atoms with Crippen molar-refractivity contribution in [2.75, 3.05) is 18.4 Å². The lowest BCUT2D eigenvalue weighted by atomic mass is 10.0. The van der Waals surface area contributed by atoms with E-state index < -0.39 is 6.04 Å². The van der Waals surface area contributed by atoms with E-state index in [0.717, 1.165) is 5.56 Å². The average Bonchev–Trinajstić information content (AvgIpc) is 2.51. The summed E-state index contributed by atoms with van der Waals surface area (Å²) in [5.41, 5.74) is 1.85. The minimum Gasteiger partial charge on any atom is -0.353 e. The molecule has 122 valence electrons. The fraction of sp³-hybridized carbons (Fsp3) is 0.471. The highest BCUT2D eigenvalue weighted by Gasteiger charge is 2.33. The van der Waals surface area contributed by atoms with Gasteiger partial charge in [0.1, 0.15) is 6.04 Å². The number of carbonyl (C=O) groups excluding carboxylic acids is 2. The summed E-state index contributed by atoms with van der Waals surface area (Å²) in [6.45, 7) is 6.78. The van der Waals surface area contributed by atoms with Crippen molar-refractivity contribution in [3.05, 3.63) is 29.3 Å². The summed E-state index contributed by atoms with van der Waals surface area (Å²) in [7, 11) is 0. The lowest BCUT2D eigenvalue weighted by Crippen LogP contribution is -2.58. The Morgan fingerprint density at radius 2 is 2.26 bits per heavy atom. The number of hydrogen-bond donors (Lipinski definition) is 2. The van der Waals surface area contributed by atoms with Gasteiger partial charge in [-0.3, -0.25) is 4.79 Å². The maximum atomic E-state index is 12.6. The van der Waals surface area contributed by atoms with Gasteiger partial charge in [-0.1, -0.05) is 19.9 Å². The fourth-order valence-corrected chi connectivity index (χ4v) is 2.72. The Kier molecular flexibility index (Phi) is 5.22. The van der Waals surface area contributed by atoms with Crippen LogP contribution in [0.25, 0.3) is 0 Å². The van der Waals surface area contributed by atoms with E-state index in [1.807, 2.05) is 13.8 Å². The number of urea groups is 1. The molecule has 23 heavy (non-hydrogen) atoms. The van der Waals surface area contributed by atoms with Crippen molar-refractivity contribution < 1.29 is 9.59 Å². The first kappa shape index (κ1) is 16.8. The zero-order valence-electron chi connectivity index (χ0n) is 13.7. The highest BCUT2D eigenvalue weighted by atomic mass is 16.2. The maximum Gasteiger partial charge on any atom is 0.322 e. The molecule has 6 nitrogen and oxygen atoms in total. The van der Waals surface area contributed by atoms with Crippen LogP contribution in [-0.2, 0) is 4.79 Å². The van der Waals surface area contributed by atoms with Crippen LogP contribution in [-0.4, -0.2) is 36.0 Å². The van der Waals surface area contributed by atoms with Crippen LogP contribution < -0.4 is 10.6 Å². The molecule has 2 N–H and O–H groups in total. The molecule has 0 radical (unpaired) electrons. The van der Waals surface area contributed by atoms with Gasteiger partial charge in [-0.2, -0.15) is 5.26 Å². The van der Waals surface area contributed by atoms with Gasteiger partial charge in [0.05, 0.1) is 11.6 Å². The van der Waals surface area contributed by atoms with E-state index >= 15 is 0 Å². The monoisotopic (exact) mass is 314 g/mol. The Hall–Kier alpha value is -2.55. The zero-order chi connectivity index (χ0) is 17.0. The van der Waals surface area contributed by atoms with Crippen molar-refractivity contribution in [2.45, 2.75) is 33.2 Å². The molecular formula is C17H22N4O2. The topological polar surface area (TPSA) is 85.2 Å². The third kappa shape index (κ3) is 3.81. The van der Waals surface area contributed by atoms with Gasteiger partial charge < -0.3 is 15.5 Å². The van der Waals surface area contributed by atoms with E-state index in [1.165, 1.54) is 0 Å².